The van der Waals surface area contributed by atoms with Crippen molar-refractivity contribution in [2.45, 2.75) is 58.0 Å². The number of hydrogen-bond donors (Lipinski definition) is 1. The van der Waals surface area contributed by atoms with Gasteiger partial charge in [-0.1, -0.05) is 0 Å². The minimum Gasteiger partial charge on any atom is -0.462 e. The maximum absolute atomic E-state index is 13.1. The summed E-state index contributed by atoms with van der Waals surface area (Å²) in [4.78, 5) is 27.8. The average molecular weight is 424 g/mol. The number of carbonyl (C=O) groups excluding carboxylic acids is 1. The van der Waals surface area contributed by atoms with Crippen molar-refractivity contribution in [1.29, 1.82) is 0 Å². The van der Waals surface area contributed by atoms with Crippen LogP contribution in [0.15, 0.2) is 29.2 Å². The molecule has 1 unspecified atom stereocenters. The Morgan fingerprint density at radius 3 is 2.77 bits per heavy atom. The van der Waals surface area contributed by atoms with Crippen LogP contribution in [0.2, 0.25) is 0 Å². The van der Waals surface area contributed by atoms with Gasteiger partial charge in [0.05, 0.1) is 18.2 Å². The molecular weight excluding hydrogens is 398 g/mol. The van der Waals surface area contributed by atoms with Crippen molar-refractivity contribution in [3.63, 3.8) is 0 Å². The molecule has 2 aliphatic carbocycles. The fourth-order valence-corrected chi connectivity index (χ4v) is 5.93. The van der Waals surface area contributed by atoms with Crippen molar-refractivity contribution in [2.75, 3.05) is 6.61 Å². The molecule has 0 bridgehead atoms. The van der Waals surface area contributed by atoms with Crippen LogP contribution in [0.4, 0.5) is 0 Å². The van der Waals surface area contributed by atoms with E-state index in [0.29, 0.717) is 5.92 Å². The lowest BCUT2D eigenvalue weighted by Gasteiger charge is -2.16. The lowest BCUT2D eigenvalue weighted by Crippen LogP contribution is -2.25. The van der Waals surface area contributed by atoms with Crippen LogP contribution in [0.25, 0.3) is 16.0 Å². The molecule has 0 amide bonds. The molecule has 5 nitrogen and oxygen atoms in total. The van der Waals surface area contributed by atoms with Crippen molar-refractivity contribution in [3.8, 4) is 10.4 Å². The first-order valence-corrected chi connectivity index (χ1v) is 11.5. The molecule has 156 valence electrons. The van der Waals surface area contributed by atoms with Gasteiger partial charge in [0, 0.05) is 16.0 Å². The van der Waals surface area contributed by atoms with Gasteiger partial charge >= 0.3 is 5.97 Å². The Balaban J connectivity index is 1.71. The first kappa shape index (κ1) is 19.5. The summed E-state index contributed by atoms with van der Waals surface area (Å²) in [6, 6.07) is 5.83. The molecule has 6 heteroatoms. The van der Waals surface area contributed by atoms with Crippen molar-refractivity contribution in [1.82, 2.24) is 4.40 Å². The first-order valence-electron chi connectivity index (χ1n) is 10.7. The van der Waals surface area contributed by atoms with Gasteiger partial charge in [0.25, 0.3) is 5.56 Å². The van der Waals surface area contributed by atoms with Crippen LogP contribution in [0.5, 0.6) is 0 Å². The van der Waals surface area contributed by atoms with Crippen molar-refractivity contribution < 1.29 is 14.6 Å². The number of hydrogen-bond acceptors (Lipinski definition) is 5. The molecule has 3 heterocycles. The van der Waals surface area contributed by atoms with Crippen molar-refractivity contribution in [3.05, 3.63) is 61.9 Å². The normalized spacial score (nSPS) is 18.4. The fraction of sp³-hybridized carbons (Fsp3) is 0.417. The van der Waals surface area contributed by atoms with Crippen LogP contribution in [0.1, 0.15) is 76.6 Å². The molecule has 1 atom stereocenters. The molecule has 1 fully saturated rings. The number of esters is 1. The van der Waals surface area contributed by atoms with Crippen LogP contribution in [0, 0.1) is 6.92 Å². The molecular formula is C24H25NO4S. The molecule has 0 radical (unpaired) electrons. The summed E-state index contributed by atoms with van der Waals surface area (Å²) >= 11 is 1.74. The van der Waals surface area contributed by atoms with Gasteiger partial charge in [0.15, 0.2) is 0 Å². The standard InChI is InChI=1S/C24H25NO4S/c1-3-29-24(28)18-11-16(14-7-8-14)22-13(2)15(9-10-25(22)23(18)27)21-12-17-19(26)5-4-6-20(17)30-21/h9-12,14,19,26H,3-8H2,1-2H3. The van der Waals surface area contributed by atoms with Crippen LogP contribution in [-0.2, 0) is 11.2 Å². The lowest BCUT2D eigenvalue weighted by molar-refractivity contribution is 0.0524. The van der Waals surface area contributed by atoms with Crippen LogP contribution < -0.4 is 5.56 Å². The Bertz CT molecular complexity index is 1220. The van der Waals surface area contributed by atoms with Crippen LogP contribution in [0.3, 0.4) is 0 Å². The molecule has 1 N–H and O–H groups in total. The molecule has 3 aromatic heterocycles. The maximum atomic E-state index is 13.1. The van der Waals surface area contributed by atoms with E-state index in [-0.39, 0.29) is 23.8 Å². The Morgan fingerprint density at radius 2 is 2.07 bits per heavy atom. The molecule has 0 aliphatic heterocycles. The van der Waals surface area contributed by atoms with E-state index in [1.54, 1.807) is 34.9 Å². The van der Waals surface area contributed by atoms with Gasteiger partial charge in [-0.2, -0.15) is 0 Å². The SMILES string of the molecule is CCOC(=O)c1cc(C2CC2)c2c(C)c(-c3cc4c(s3)CCCC4O)ccn2c1=O. The Hall–Kier alpha value is -2.44. The molecule has 0 spiro atoms. The number of aliphatic hydroxyl groups is 1. The van der Waals surface area contributed by atoms with Gasteiger partial charge < -0.3 is 9.84 Å². The Kier molecular flexibility index (Phi) is 4.79. The number of aliphatic hydroxyl groups excluding tert-OH is 1. The number of nitrogens with zero attached hydrogens (tertiary/aromatic N) is 1. The topological polar surface area (TPSA) is 68.0 Å². The number of rotatable bonds is 4. The third-order valence-corrected chi connectivity index (χ3v) is 7.52. The second kappa shape index (κ2) is 7.36. The summed E-state index contributed by atoms with van der Waals surface area (Å²) in [5, 5.41) is 10.4. The number of carbonyl (C=O) groups is 1. The van der Waals surface area contributed by atoms with E-state index >= 15 is 0 Å². The summed E-state index contributed by atoms with van der Waals surface area (Å²) in [7, 11) is 0. The molecule has 3 aromatic rings. The highest BCUT2D eigenvalue weighted by Gasteiger charge is 2.30. The first-order chi connectivity index (χ1) is 14.5. The van der Waals surface area contributed by atoms with Crippen molar-refractivity contribution >= 4 is 22.8 Å². The number of aromatic nitrogens is 1. The van der Waals surface area contributed by atoms with Gasteiger partial charge in [0.2, 0.25) is 0 Å². The quantitative estimate of drug-likeness (QED) is 0.615. The highest BCUT2D eigenvalue weighted by atomic mass is 32.1. The highest BCUT2D eigenvalue weighted by molar-refractivity contribution is 7.15. The monoisotopic (exact) mass is 423 g/mol. The summed E-state index contributed by atoms with van der Waals surface area (Å²) in [5.74, 6) is -0.179. The molecule has 2 aliphatic rings. The molecule has 0 saturated heterocycles. The van der Waals surface area contributed by atoms with E-state index < -0.39 is 5.97 Å². The summed E-state index contributed by atoms with van der Waals surface area (Å²) in [5.41, 5.74) is 4.92. The van der Waals surface area contributed by atoms with Crippen molar-refractivity contribution in [2.24, 2.45) is 0 Å². The number of fused-ring (bicyclic) bond motifs is 2. The Morgan fingerprint density at radius 1 is 1.27 bits per heavy atom. The minimum atomic E-state index is -0.555. The average Bonchev–Trinajstić information content (AvgIpc) is 3.47. The van der Waals surface area contributed by atoms with Gasteiger partial charge in [0.1, 0.15) is 5.56 Å². The van der Waals surface area contributed by atoms with Gasteiger partial charge in [-0.15, -0.1) is 11.3 Å². The van der Waals surface area contributed by atoms with Gasteiger partial charge in [-0.3, -0.25) is 9.20 Å². The van der Waals surface area contributed by atoms with E-state index in [4.69, 9.17) is 4.74 Å². The number of ether oxygens (including phenoxy) is 1. The predicted molar refractivity (Wildman–Crippen MR) is 118 cm³/mol. The van der Waals surface area contributed by atoms with E-state index in [1.165, 1.54) is 4.88 Å². The number of thiophene rings is 1. The van der Waals surface area contributed by atoms with Gasteiger partial charge in [-0.05, 0) is 92.3 Å². The molecule has 5 rings (SSSR count). The van der Waals surface area contributed by atoms with E-state index in [9.17, 15) is 14.7 Å². The van der Waals surface area contributed by atoms with Crippen LogP contribution in [-0.4, -0.2) is 22.1 Å². The summed E-state index contributed by atoms with van der Waals surface area (Å²) < 4.78 is 6.73. The summed E-state index contributed by atoms with van der Waals surface area (Å²) in [6.45, 7) is 4.04. The molecule has 0 aromatic carbocycles. The second-order valence-electron chi connectivity index (χ2n) is 8.28. The lowest BCUT2D eigenvalue weighted by atomic mass is 9.95. The number of pyridine rings is 2. The smallest absolute Gasteiger partial charge is 0.343 e. The van der Waals surface area contributed by atoms with E-state index in [0.717, 1.165) is 64.8 Å². The Labute approximate surface area is 178 Å². The third-order valence-electron chi connectivity index (χ3n) is 6.27. The fourth-order valence-electron chi connectivity index (χ4n) is 4.59. The van der Waals surface area contributed by atoms with E-state index in [2.05, 4.69) is 13.0 Å². The second-order valence-corrected chi connectivity index (χ2v) is 9.42. The minimum absolute atomic E-state index is 0.109. The van der Waals surface area contributed by atoms with E-state index in [1.807, 2.05) is 6.07 Å². The summed E-state index contributed by atoms with van der Waals surface area (Å²) in [6.07, 6.45) is 6.39. The predicted octanol–water partition coefficient (Wildman–Crippen LogP) is 4.76. The zero-order chi connectivity index (χ0) is 21.0. The van der Waals surface area contributed by atoms with Gasteiger partial charge in [-0.25, -0.2) is 4.79 Å². The highest BCUT2D eigenvalue weighted by Crippen LogP contribution is 2.45. The molecule has 1 saturated carbocycles. The van der Waals surface area contributed by atoms with Crippen LogP contribution >= 0.6 is 11.3 Å². The third kappa shape index (κ3) is 3.10. The zero-order valence-corrected chi connectivity index (χ0v) is 18.1. The number of aryl methyl sites for hydroxylation is 2. The molecule has 30 heavy (non-hydrogen) atoms. The largest absolute Gasteiger partial charge is 0.462 e. The maximum Gasteiger partial charge on any atom is 0.343 e. The zero-order valence-electron chi connectivity index (χ0n) is 17.2.